The van der Waals surface area contributed by atoms with Crippen molar-refractivity contribution in [2.75, 3.05) is 57.3 Å². The normalized spacial score (nSPS) is 17.0. The zero-order chi connectivity index (χ0) is 28.8. The van der Waals surface area contributed by atoms with Crippen LogP contribution < -0.4 is 15.0 Å². The Balaban J connectivity index is 0.00000405. The molecule has 7 nitrogen and oxygen atoms in total. The van der Waals surface area contributed by atoms with Crippen LogP contribution in [-0.4, -0.2) is 79.2 Å². The number of anilines is 1. The number of ether oxygens (including phenoxy) is 1. The molecule has 2 aliphatic rings. The van der Waals surface area contributed by atoms with Gasteiger partial charge in [-0.2, -0.15) is 0 Å². The van der Waals surface area contributed by atoms with E-state index in [1.165, 1.54) is 24.4 Å². The highest BCUT2D eigenvalue weighted by Crippen LogP contribution is 2.27. The fourth-order valence-corrected chi connectivity index (χ4v) is 5.64. The number of nitrogens with one attached hydrogen (secondary N) is 1. The van der Waals surface area contributed by atoms with Gasteiger partial charge in [-0.3, -0.25) is 14.6 Å². The van der Waals surface area contributed by atoms with Crippen molar-refractivity contribution in [2.24, 2.45) is 0 Å². The maximum Gasteiger partial charge on any atom is 0.253 e. The molecule has 2 fully saturated rings. The summed E-state index contributed by atoms with van der Waals surface area (Å²) in [6.45, 7) is 6.92. The summed E-state index contributed by atoms with van der Waals surface area (Å²) in [5.74, 6) is -1.21. The van der Waals surface area contributed by atoms with Crippen LogP contribution in [0.1, 0.15) is 30.2 Å². The summed E-state index contributed by atoms with van der Waals surface area (Å²) in [5.41, 5.74) is 0.752. The molecule has 0 spiro atoms. The van der Waals surface area contributed by atoms with Crippen LogP contribution in [0.2, 0.25) is 5.02 Å². The molecule has 0 saturated carbocycles. The molecule has 0 bridgehead atoms. The molecule has 5 rings (SSSR count). The molecule has 41 heavy (non-hydrogen) atoms. The number of likely N-dealkylation sites (tertiary alicyclic amines) is 1. The largest absolute Gasteiger partial charge is 0.492 e. The summed E-state index contributed by atoms with van der Waals surface area (Å²) in [6, 6.07) is 11.7. The second-order valence-electron chi connectivity index (χ2n) is 10.4. The molecule has 1 amide bonds. The standard InChI is InChI=1S/C30H33ClF3N5O2.H2/c31-26-18-22(30(40)36-19-21-1-6-27(33)28(34)17-21)20-35-29(26)39-13-11-38(12-14-39)24-7-9-37(10-8-24)15-16-41-25-4-2-23(32)3-5-25;/h1-6,17-18,20,24H,7-16,19H2,(H,36,40);1H. The van der Waals surface area contributed by atoms with Crippen LogP contribution in [-0.2, 0) is 6.54 Å². The molecule has 2 aliphatic heterocycles. The van der Waals surface area contributed by atoms with Crippen molar-refractivity contribution in [1.82, 2.24) is 20.1 Å². The number of hydrogen-bond acceptors (Lipinski definition) is 6. The lowest BCUT2D eigenvalue weighted by molar-refractivity contribution is 0.0946. The molecule has 2 aromatic carbocycles. The molecular weight excluding hydrogens is 555 g/mol. The molecule has 220 valence electrons. The maximum absolute atomic E-state index is 13.4. The fraction of sp³-hybridized carbons (Fsp3) is 0.400. The zero-order valence-corrected chi connectivity index (χ0v) is 23.4. The molecule has 1 aromatic heterocycles. The number of amides is 1. The first-order valence-electron chi connectivity index (χ1n) is 13.8. The van der Waals surface area contributed by atoms with Gasteiger partial charge >= 0.3 is 0 Å². The molecule has 11 heteroatoms. The van der Waals surface area contributed by atoms with E-state index >= 15 is 0 Å². The van der Waals surface area contributed by atoms with E-state index in [9.17, 15) is 18.0 Å². The lowest BCUT2D eigenvalue weighted by atomic mass is 10.0. The second kappa shape index (κ2) is 13.5. The highest BCUT2D eigenvalue weighted by atomic mass is 35.5. The van der Waals surface area contributed by atoms with Crippen molar-refractivity contribution in [1.29, 1.82) is 0 Å². The minimum atomic E-state index is -0.957. The third kappa shape index (κ3) is 7.69. The van der Waals surface area contributed by atoms with Crippen molar-refractivity contribution in [3.8, 4) is 5.75 Å². The molecule has 3 heterocycles. The van der Waals surface area contributed by atoms with E-state index in [1.54, 1.807) is 18.2 Å². The Labute approximate surface area is 244 Å². The third-order valence-electron chi connectivity index (χ3n) is 7.70. The van der Waals surface area contributed by atoms with Gasteiger partial charge in [0.05, 0.1) is 10.6 Å². The first-order chi connectivity index (χ1) is 19.9. The quantitative estimate of drug-likeness (QED) is 0.379. The Morgan fingerprint density at radius 2 is 1.71 bits per heavy atom. The molecule has 3 aromatic rings. The topological polar surface area (TPSA) is 60.9 Å². The van der Waals surface area contributed by atoms with Gasteiger partial charge in [-0.05, 0) is 74.0 Å². The molecule has 1 N–H and O–H groups in total. The van der Waals surface area contributed by atoms with Gasteiger partial charge in [-0.25, -0.2) is 18.2 Å². The second-order valence-corrected chi connectivity index (χ2v) is 10.8. The Hall–Kier alpha value is -3.34. The van der Waals surface area contributed by atoms with Crippen LogP contribution in [0.4, 0.5) is 19.0 Å². The molecule has 0 radical (unpaired) electrons. The lowest BCUT2D eigenvalue weighted by Gasteiger charge is -2.43. The number of carbonyl (C=O) groups is 1. The van der Waals surface area contributed by atoms with Gasteiger partial charge in [-0.15, -0.1) is 0 Å². The number of halogens is 4. The van der Waals surface area contributed by atoms with Crippen LogP contribution in [0, 0.1) is 17.5 Å². The first kappa shape index (κ1) is 29.2. The van der Waals surface area contributed by atoms with E-state index in [-0.39, 0.29) is 13.8 Å². The summed E-state index contributed by atoms with van der Waals surface area (Å²) in [7, 11) is 0. The van der Waals surface area contributed by atoms with Crippen LogP contribution in [0.25, 0.3) is 0 Å². The van der Waals surface area contributed by atoms with Crippen molar-refractivity contribution in [3.63, 3.8) is 0 Å². The van der Waals surface area contributed by atoms with E-state index in [1.807, 2.05) is 0 Å². The SMILES string of the molecule is O=C(NCc1ccc(F)c(F)c1)c1cnc(N2CCN(C3CCN(CCOc4ccc(F)cc4)CC3)CC2)c(Cl)c1.[HH]. The summed E-state index contributed by atoms with van der Waals surface area (Å²) in [4.78, 5) is 24.1. The molecular formula is C30H35ClF3N5O2. The number of carbonyl (C=O) groups excluding carboxylic acids is 1. The molecule has 2 saturated heterocycles. The van der Waals surface area contributed by atoms with Crippen molar-refractivity contribution in [2.45, 2.75) is 25.4 Å². The predicted octanol–water partition coefficient (Wildman–Crippen LogP) is 4.99. The minimum Gasteiger partial charge on any atom is -0.492 e. The van der Waals surface area contributed by atoms with Crippen LogP contribution >= 0.6 is 11.6 Å². The summed E-state index contributed by atoms with van der Waals surface area (Å²) < 4.78 is 45.3. The van der Waals surface area contributed by atoms with Gasteiger partial charge in [0, 0.05) is 52.9 Å². The Kier molecular flexibility index (Phi) is 9.64. The number of nitrogens with zero attached hydrogens (tertiary/aromatic N) is 4. The van der Waals surface area contributed by atoms with Crippen LogP contribution in [0.3, 0.4) is 0 Å². The summed E-state index contributed by atoms with van der Waals surface area (Å²) in [6.07, 6.45) is 3.69. The molecule has 0 atom stereocenters. The maximum atomic E-state index is 13.4. The number of pyridine rings is 1. The predicted molar refractivity (Wildman–Crippen MR) is 154 cm³/mol. The average molecular weight is 590 g/mol. The Morgan fingerprint density at radius 3 is 2.39 bits per heavy atom. The van der Waals surface area contributed by atoms with Crippen LogP contribution in [0.5, 0.6) is 5.75 Å². The third-order valence-corrected chi connectivity index (χ3v) is 7.98. The van der Waals surface area contributed by atoms with Gasteiger partial charge < -0.3 is 15.0 Å². The average Bonchev–Trinajstić information content (AvgIpc) is 2.99. The zero-order valence-electron chi connectivity index (χ0n) is 22.7. The van der Waals surface area contributed by atoms with E-state index in [4.69, 9.17) is 16.3 Å². The Morgan fingerprint density at radius 1 is 0.976 bits per heavy atom. The summed E-state index contributed by atoms with van der Waals surface area (Å²) in [5, 5.41) is 3.08. The number of hydrogen-bond donors (Lipinski definition) is 1. The molecule has 0 aliphatic carbocycles. The van der Waals surface area contributed by atoms with Gasteiger partial charge in [0.25, 0.3) is 5.91 Å². The van der Waals surface area contributed by atoms with Gasteiger partial charge in [0.2, 0.25) is 0 Å². The van der Waals surface area contributed by atoms with E-state index in [0.29, 0.717) is 40.4 Å². The number of benzene rings is 2. The minimum absolute atomic E-state index is 0. The van der Waals surface area contributed by atoms with Gasteiger partial charge in [0.1, 0.15) is 24.0 Å². The lowest BCUT2D eigenvalue weighted by Crippen LogP contribution is -2.53. The van der Waals surface area contributed by atoms with E-state index < -0.39 is 17.5 Å². The van der Waals surface area contributed by atoms with Crippen molar-refractivity contribution < 1.29 is 24.1 Å². The molecule has 0 unspecified atom stereocenters. The van der Waals surface area contributed by atoms with Gasteiger partial charge in [-0.1, -0.05) is 17.7 Å². The number of piperidine rings is 1. The monoisotopic (exact) mass is 589 g/mol. The van der Waals surface area contributed by atoms with E-state index in [2.05, 4.69) is 25.0 Å². The van der Waals surface area contributed by atoms with Crippen molar-refractivity contribution in [3.05, 3.63) is 88.3 Å². The highest BCUT2D eigenvalue weighted by molar-refractivity contribution is 6.33. The number of piperazine rings is 1. The van der Waals surface area contributed by atoms with E-state index in [0.717, 1.165) is 70.8 Å². The number of rotatable bonds is 9. The van der Waals surface area contributed by atoms with Gasteiger partial charge in [0.15, 0.2) is 11.6 Å². The Bertz CT molecular complexity index is 1340. The fourth-order valence-electron chi connectivity index (χ4n) is 5.35. The first-order valence-corrected chi connectivity index (χ1v) is 14.2. The number of aromatic nitrogens is 1. The smallest absolute Gasteiger partial charge is 0.253 e. The highest BCUT2D eigenvalue weighted by Gasteiger charge is 2.28. The summed E-state index contributed by atoms with van der Waals surface area (Å²) >= 11 is 6.53. The van der Waals surface area contributed by atoms with Crippen LogP contribution in [0.15, 0.2) is 54.7 Å². The van der Waals surface area contributed by atoms with Crippen molar-refractivity contribution >= 4 is 23.3 Å².